The van der Waals surface area contributed by atoms with Gasteiger partial charge in [0.05, 0.1) is 47.4 Å². The van der Waals surface area contributed by atoms with Crippen LogP contribution in [0, 0.1) is 19.3 Å². The zero-order valence-electron chi connectivity index (χ0n) is 18.6. The molecule has 168 valence electrons. The minimum absolute atomic E-state index is 0.419. The number of rotatable bonds is 5. The summed E-state index contributed by atoms with van der Waals surface area (Å²) in [5.41, 5.74) is 14.9. The van der Waals surface area contributed by atoms with Gasteiger partial charge in [-0.05, 0) is 30.7 Å². The first kappa shape index (κ1) is 20.3. The lowest BCUT2D eigenvalue weighted by Crippen LogP contribution is -2.38. The third kappa shape index (κ3) is 3.44. The number of aromatic nitrogens is 3. The van der Waals surface area contributed by atoms with Gasteiger partial charge in [-0.15, -0.1) is 12.0 Å². The van der Waals surface area contributed by atoms with Crippen LogP contribution >= 0.6 is 0 Å². The maximum absolute atomic E-state index is 6.04. The highest BCUT2D eigenvalue weighted by molar-refractivity contribution is 5.73. The van der Waals surface area contributed by atoms with Crippen molar-refractivity contribution in [2.24, 2.45) is 0 Å². The number of anilines is 1. The number of nitrogens with one attached hydrogen (secondary N) is 2. The molecular formula is C26H22N6O2. The smallest absolute Gasteiger partial charge is 0.187 e. The van der Waals surface area contributed by atoms with E-state index >= 15 is 0 Å². The lowest BCUT2D eigenvalue weighted by Gasteiger charge is -2.21. The average molecular weight is 451 g/mol. The molecule has 0 amide bonds. The summed E-state index contributed by atoms with van der Waals surface area (Å²) in [6.45, 7) is 2.84. The Balaban J connectivity index is 1.42. The van der Waals surface area contributed by atoms with E-state index < -0.39 is 0 Å². The second-order valence-corrected chi connectivity index (χ2v) is 8.24. The van der Waals surface area contributed by atoms with Crippen molar-refractivity contribution in [3.05, 3.63) is 94.8 Å². The van der Waals surface area contributed by atoms with Crippen LogP contribution in [0.3, 0.4) is 0 Å². The molecule has 34 heavy (non-hydrogen) atoms. The van der Waals surface area contributed by atoms with Crippen LogP contribution in [0.5, 0.6) is 0 Å². The van der Waals surface area contributed by atoms with E-state index in [1.54, 1.807) is 0 Å². The Labute approximate surface area is 196 Å². The van der Waals surface area contributed by atoms with Gasteiger partial charge in [0.2, 0.25) is 0 Å². The standard InChI is InChI=1S/C26H22N6O2/c1-3-18-9-10-21-23(12-18)32-22(20(28-30-32)15-33-14-19-7-5-4-6-8-19)13-24-26(27-16-31(21)24)25-11-17(2)29-34-25/h1,4-12,16,28,30H,13-15H2,2H3. The molecule has 6 rings (SSSR count). The topological polar surface area (TPSA) is 80.4 Å². The molecule has 0 unspecified atom stereocenters. The van der Waals surface area contributed by atoms with Crippen LogP contribution in [0.4, 0.5) is 5.69 Å². The molecule has 0 aliphatic carbocycles. The molecule has 0 bridgehead atoms. The third-order valence-corrected chi connectivity index (χ3v) is 6.00. The normalized spacial score (nSPS) is 14.2. The molecule has 0 radical (unpaired) electrons. The number of aryl methyl sites for hydroxylation is 1. The Bertz CT molecular complexity index is 1440. The second kappa shape index (κ2) is 8.23. The van der Waals surface area contributed by atoms with E-state index in [0.717, 1.165) is 51.0 Å². The molecule has 0 atom stereocenters. The summed E-state index contributed by atoms with van der Waals surface area (Å²) >= 11 is 0. The van der Waals surface area contributed by atoms with E-state index in [4.69, 9.17) is 15.7 Å². The molecule has 0 saturated heterocycles. The highest BCUT2D eigenvalue weighted by Gasteiger charge is 2.32. The van der Waals surface area contributed by atoms with Gasteiger partial charge in [-0.2, -0.15) is 0 Å². The maximum Gasteiger partial charge on any atom is 0.187 e. The lowest BCUT2D eigenvalue weighted by molar-refractivity contribution is 0.138. The second-order valence-electron chi connectivity index (χ2n) is 8.24. The number of nitrogens with zero attached hydrogens (tertiary/aromatic N) is 4. The number of benzene rings is 2. The minimum atomic E-state index is 0.419. The number of hydrazine groups is 2. The Morgan fingerprint density at radius 1 is 1.12 bits per heavy atom. The van der Waals surface area contributed by atoms with E-state index in [1.807, 2.05) is 60.7 Å². The molecule has 2 aromatic carbocycles. The van der Waals surface area contributed by atoms with Crippen LogP contribution in [0.2, 0.25) is 0 Å². The van der Waals surface area contributed by atoms with Crippen molar-refractivity contribution in [2.75, 3.05) is 11.6 Å². The average Bonchev–Trinajstić information content (AvgIpc) is 3.57. The van der Waals surface area contributed by atoms with Gasteiger partial charge in [0, 0.05) is 18.1 Å². The SMILES string of the molecule is C#Cc1ccc2c(c1)N1NNC(COCc3ccccc3)=C1Cc1c(-c3cc(C)no3)ncn1-2. The fourth-order valence-corrected chi connectivity index (χ4v) is 4.34. The highest BCUT2D eigenvalue weighted by Crippen LogP contribution is 2.38. The molecule has 2 aromatic heterocycles. The number of imidazole rings is 1. The predicted octanol–water partition coefficient (Wildman–Crippen LogP) is 3.63. The van der Waals surface area contributed by atoms with Gasteiger partial charge in [-0.25, -0.2) is 4.98 Å². The summed E-state index contributed by atoms with van der Waals surface area (Å²) in [4.78, 5) is 4.68. The Hall–Kier alpha value is -4.32. The molecule has 4 heterocycles. The molecule has 0 saturated carbocycles. The quantitative estimate of drug-likeness (QED) is 0.450. The van der Waals surface area contributed by atoms with Gasteiger partial charge in [0.25, 0.3) is 0 Å². The van der Waals surface area contributed by atoms with Gasteiger partial charge >= 0.3 is 0 Å². The van der Waals surface area contributed by atoms with Crippen molar-refractivity contribution >= 4 is 5.69 Å². The molecule has 4 aromatic rings. The van der Waals surface area contributed by atoms with Crippen LogP contribution < -0.4 is 16.0 Å². The van der Waals surface area contributed by atoms with Gasteiger partial charge in [0.15, 0.2) is 5.76 Å². The van der Waals surface area contributed by atoms with Crippen LogP contribution in [0.25, 0.3) is 17.1 Å². The van der Waals surface area contributed by atoms with Crippen molar-refractivity contribution < 1.29 is 9.26 Å². The Morgan fingerprint density at radius 3 is 2.79 bits per heavy atom. The van der Waals surface area contributed by atoms with E-state index in [0.29, 0.717) is 25.4 Å². The number of hydrogen-bond acceptors (Lipinski definition) is 7. The third-order valence-electron chi connectivity index (χ3n) is 6.00. The van der Waals surface area contributed by atoms with E-state index in [2.05, 4.69) is 43.7 Å². The number of ether oxygens (including phenoxy) is 1. The largest absolute Gasteiger partial charge is 0.370 e. The van der Waals surface area contributed by atoms with Gasteiger partial charge in [-0.1, -0.05) is 41.4 Å². The molecular weight excluding hydrogens is 428 g/mol. The fourth-order valence-electron chi connectivity index (χ4n) is 4.34. The van der Waals surface area contributed by atoms with Crippen LogP contribution in [0.1, 0.15) is 22.5 Å². The van der Waals surface area contributed by atoms with Crippen LogP contribution in [-0.4, -0.2) is 21.3 Å². The number of allylic oxidation sites excluding steroid dienone is 1. The van der Waals surface area contributed by atoms with Crippen molar-refractivity contribution in [1.82, 2.24) is 25.7 Å². The molecule has 2 aliphatic rings. The summed E-state index contributed by atoms with van der Waals surface area (Å²) in [6.07, 6.45) is 8.12. The van der Waals surface area contributed by atoms with Crippen molar-refractivity contribution in [3.8, 4) is 29.5 Å². The number of fused-ring (bicyclic) bond motifs is 5. The van der Waals surface area contributed by atoms with Gasteiger partial charge in [0.1, 0.15) is 12.0 Å². The van der Waals surface area contributed by atoms with Crippen LogP contribution in [0.15, 0.2) is 76.8 Å². The van der Waals surface area contributed by atoms with Crippen molar-refractivity contribution in [1.29, 1.82) is 0 Å². The first-order valence-electron chi connectivity index (χ1n) is 11.0. The van der Waals surface area contributed by atoms with Crippen LogP contribution in [-0.2, 0) is 17.8 Å². The molecule has 0 spiro atoms. The lowest BCUT2D eigenvalue weighted by atomic mass is 10.1. The van der Waals surface area contributed by atoms with E-state index in [9.17, 15) is 0 Å². The van der Waals surface area contributed by atoms with Crippen molar-refractivity contribution in [3.63, 3.8) is 0 Å². The Morgan fingerprint density at radius 2 is 2.00 bits per heavy atom. The zero-order chi connectivity index (χ0) is 23.1. The number of terminal acetylenes is 1. The fraction of sp³-hybridized carbons (Fsp3) is 0.154. The van der Waals surface area contributed by atoms with E-state index in [-0.39, 0.29) is 0 Å². The predicted molar refractivity (Wildman–Crippen MR) is 127 cm³/mol. The molecule has 8 heteroatoms. The summed E-state index contributed by atoms with van der Waals surface area (Å²) in [7, 11) is 0. The molecule has 8 nitrogen and oxygen atoms in total. The first-order valence-corrected chi connectivity index (χ1v) is 11.0. The molecule has 2 aliphatic heterocycles. The minimum Gasteiger partial charge on any atom is -0.370 e. The Kier molecular flexibility index (Phi) is 4.91. The summed E-state index contributed by atoms with van der Waals surface area (Å²) in [5, 5.41) is 6.08. The molecule has 2 N–H and O–H groups in total. The van der Waals surface area contributed by atoms with Gasteiger partial charge in [-0.3, -0.25) is 9.58 Å². The summed E-state index contributed by atoms with van der Waals surface area (Å²) in [6, 6.07) is 18.0. The first-order chi connectivity index (χ1) is 16.7. The number of hydrogen-bond donors (Lipinski definition) is 2. The highest BCUT2D eigenvalue weighted by atomic mass is 16.5. The summed E-state index contributed by atoms with van der Waals surface area (Å²) in [5.74, 6) is 3.38. The zero-order valence-corrected chi connectivity index (χ0v) is 18.6. The molecule has 0 fully saturated rings. The van der Waals surface area contributed by atoms with Crippen molar-refractivity contribution in [2.45, 2.75) is 20.0 Å². The monoisotopic (exact) mass is 450 g/mol. The van der Waals surface area contributed by atoms with Gasteiger partial charge < -0.3 is 14.7 Å². The van der Waals surface area contributed by atoms with E-state index in [1.165, 1.54) is 0 Å². The summed E-state index contributed by atoms with van der Waals surface area (Å²) < 4.78 is 13.7. The maximum atomic E-state index is 6.04.